The van der Waals surface area contributed by atoms with Crippen molar-refractivity contribution < 1.29 is 9.53 Å². The summed E-state index contributed by atoms with van der Waals surface area (Å²) in [6, 6.07) is 25.9. The summed E-state index contributed by atoms with van der Waals surface area (Å²) in [5.74, 6) is 0.970. The van der Waals surface area contributed by atoms with Crippen molar-refractivity contribution in [2.45, 2.75) is 19.4 Å². The molecule has 0 radical (unpaired) electrons. The van der Waals surface area contributed by atoms with Gasteiger partial charge < -0.3 is 4.74 Å². The summed E-state index contributed by atoms with van der Waals surface area (Å²) >= 11 is 0. The Kier molecular flexibility index (Phi) is 5.07. The highest BCUT2D eigenvalue weighted by Crippen LogP contribution is 2.32. The average molecular weight is 316 g/mol. The van der Waals surface area contributed by atoms with Crippen LogP contribution in [0.25, 0.3) is 0 Å². The summed E-state index contributed by atoms with van der Waals surface area (Å²) in [4.78, 5) is 11.2. The van der Waals surface area contributed by atoms with Crippen LogP contribution in [0.5, 0.6) is 5.75 Å². The molecular formula is C22H20O2. The first-order chi connectivity index (χ1) is 11.8. The van der Waals surface area contributed by atoms with Crippen molar-refractivity contribution >= 4 is 6.29 Å². The van der Waals surface area contributed by atoms with Crippen molar-refractivity contribution in [3.8, 4) is 5.75 Å². The van der Waals surface area contributed by atoms with Crippen LogP contribution >= 0.6 is 0 Å². The highest BCUT2D eigenvalue weighted by atomic mass is 16.5. The first-order valence-corrected chi connectivity index (χ1v) is 8.08. The van der Waals surface area contributed by atoms with Gasteiger partial charge in [0, 0.05) is 17.0 Å². The second-order valence-electron chi connectivity index (χ2n) is 5.82. The molecule has 0 spiro atoms. The predicted molar refractivity (Wildman–Crippen MR) is 96.6 cm³/mol. The van der Waals surface area contributed by atoms with Gasteiger partial charge in [-0.25, -0.2) is 0 Å². The van der Waals surface area contributed by atoms with Crippen molar-refractivity contribution in [2.75, 3.05) is 0 Å². The van der Waals surface area contributed by atoms with E-state index >= 15 is 0 Å². The molecule has 0 heterocycles. The third kappa shape index (κ3) is 3.72. The molecule has 2 heteroatoms. The molecule has 0 bridgehead atoms. The average Bonchev–Trinajstić information content (AvgIpc) is 2.67. The zero-order chi connectivity index (χ0) is 16.8. The van der Waals surface area contributed by atoms with Gasteiger partial charge in [-0.3, -0.25) is 4.79 Å². The Morgan fingerprint density at radius 1 is 0.917 bits per heavy atom. The molecule has 2 nitrogen and oxygen atoms in total. The Morgan fingerprint density at radius 2 is 1.58 bits per heavy atom. The van der Waals surface area contributed by atoms with Crippen LogP contribution in [0.1, 0.15) is 39.9 Å². The maximum atomic E-state index is 11.2. The molecule has 0 unspecified atom stereocenters. The van der Waals surface area contributed by atoms with E-state index in [1.54, 1.807) is 6.07 Å². The Morgan fingerprint density at radius 3 is 2.25 bits per heavy atom. The predicted octanol–water partition coefficient (Wildman–Crippen LogP) is 5.23. The summed E-state index contributed by atoms with van der Waals surface area (Å²) in [5.41, 5.74) is 4.02. The number of rotatable bonds is 6. The van der Waals surface area contributed by atoms with Crippen molar-refractivity contribution in [1.82, 2.24) is 0 Å². The third-order valence-corrected chi connectivity index (χ3v) is 4.17. The molecular weight excluding hydrogens is 296 g/mol. The Bertz CT molecular complexity index is 795. The number of benzene rings is 3. The van der Waals surface area contributed by atoms with Gasteiger partial charge in [-0.2, -0.15) is 0 Å². The fourth-order valence-corrected chi connectivity index (χ4v) is 2.77. The zero-order valence-electron chi connectivity index (χ0n) is 13.7. The second-order valence-corrected chi connectivity index (χ2v) is 5.82. The van der Waals surface area contributed by atoms with E-state index in [2.05, 4.69) is 19.1 Å². The molecule has 0 aliphatic rings. The lowest BCUT2D eigenvalue weighted by atomic mass is 9.91. The zero-order valence-corrected chi connectivity index (χ0v) is 13.7. The molecule has 0 aromatic heterocycles. The summed E-state index contributed by atoms with van der Waals surface area (Å²) < 4.78 is 6.05. The van der Waals surface area contributed by atoms with Crippen molar-refractivity contribution in [2.24, 2.45) is 0 Å². The largest absolute Gasteiger partial charge is 0.489 e. The first kappa shape index (κ1) is 16.0. The van der Waals surface area contributed by atoms with E-state index in [1.165, 1.54) is 5.56 Å². The first-order valence-electron chi connectivity index (χ1n) is 8.08. The van der Waals surface area contributed by atoms with Crippen LogP contribution in [0.3, 0.4) is 0 Å². The molecule has 0 N–H and O–H groups in total. The number of carbonyl (C=O) groups excluding carboxylic acids is 1. The normalized spacial score (nSPS) is 11.7. The molecule has 0 fully saturated rings. The minimum absolute atomic E-state index is 0.150. The van der Waals surface area contributed by atoms with Gasteiger partial charge in [0.25, 0.3) is 0 Å². The van der Waals surface area contributed by atoms with Crippen LogP contribution in [0.4, 0.5) is 0 Å². The van der Waals surface area contributed by atoms with Gasteiger partial charge in [0.1, 0.15) is 18.6 Å². The second kappa shape index (κ2) is 7.60. The van der Waals surface area contributed by atoms with E-state index in [4.69, 9.17) is 4.74 Å². The van der Waals surface area contributed by atoms with Gasteiger partial charge in [-0.15, -0.1) is 0 Å². The molecule has 0 aliphatic carbocycles. The summed E-state index contributed by atoms with van der Waals surface area (Å²) in [6.45, 7) is 2.64. The number of hydrogen-bond donors (Lipinski definition) is 0. The summed E-state index contributed by atoms with van der Waals surface area (Å²) in [5, 5.41) is 0. The topological polar surface area (TPSA) is 26.3 Å². The number of aldehydes is 1. The molecule has 0 saturated heterocycles. The van der Waals surface area contributed by atoms with Crippen LogP contribution in [0.15, 0.2) is 78.9 Å². The highest BCUT2D eigenvalue weighted by molar-refractivity contribution is 5.76. The van der Waals surface area contributed by atoms with E-state index in [1.807, 2.05) is 60.7 Å². The van der Waals surface area contributed by atoms with Crippen molar-refractivity contribution in [1.29, 1.82) is 0 Å². The van der Waals surface area contributed by atoms with E-state index in [0.717, 1.165) is 23.2 Å². The van der Waals surface area contributed by atoms with Gasteiger partial charge in [0.2, 0.25) is 0 Å². The molecule has 3 aromatic rings. The molecule has 24 heavy (non-hydrogen) atoms. The SMILES string of the molecule is C[C@H](c1ccccc1)c1cc(C=O)ccc1OCc1ccccc1. The van der Waals surface area contributed by atoms with E-state index in [9.17, 15) is 4.79 Å². The Labute approximate surface area is 142 Å². The Balaban J connectivity index is 1.89. The molecule has 120 valence electrons. The monoisotopic (exact) mass is 316 g/mol. The van der Waals surface area contributed by atoms with Gasteiger partial charge in [-0.05, 0) is 29.3 Å². The van der Waals surface area contributed by atoms with Gasteiger partial charge >= 0.3 is 0 Å². The Hall–Kier alpha value is -2.87. The number of ether oxygens (including phenoxy) is 1. The van der Waals surface area contributed by atoms with Crippen LogP contribution in [0.2, 0.25) is 0 Å². The molecule has 3 aromatic carbocycles. The minimum Gasteiger partial charge on any atom is -0.489 e. The fraction of sp³-hybridized carbons (Fsp3) is 0.136. The summed E-state index contributed by atoms with van der Waals surface area (Å²) in [7, 11) is 0. The molecule has 3 rings (SSSR count). The lowest BCUT2D eigenvalue weighted by Crippen LogP contribution is -2.03. The van der Waals surface area contributed by atoms with Crippen LogP contribution < -0.4 is 4.74 Å². The molecule has 0 saturated carbocycles. The molecule has 1 atom stereocenters. The van der Waals surface area contributed by atoms with E-state index in [-0.39, 0.29) is 5.92 Å². The van der Waals surface area contributed by atoms with Crippen molar-refractivity contribution in [3.63, 3.8) is 0 Å². The quantitative estimate of drug-likeness (QED) is 0.582. The standard InChI is InChI=1S/C22H20O2/c1-17(20-10-6-3-7-11-20)21-14-19(15-23)12-13-22(21)24-16-18-8-4-2-5-9-18/h2-15,17H,16H2,1H3/t17-/m1/s1. The maximum Gasteiger partial charge on any atom is 0.150 e. The van der Waals surface area contributed by atoms with Gasteiger partial charge in [0.15, 0.2) is 0 Å². The van der Waals surface area contributed by atoms with Crippen molar-refractivity contribution in [3.05, 3.63) is 101 Å². The van der Waals surface area contributed by atoms with Crippen LogP contribution in [0, 0.1) is 0 Å². The smallest absolute Gasteiger partial charge is 0.150 e. The van der Waals surface area contributed by atoms with E-state index in [0.29, 0.717) is 12.2 Å². The maximum absolute atomic E-state index is 11.2. The summed E-state index contributed by atoms with van der Waals surface area (Å²) in [6.07, 6.45) is 0.877. The number of carbonyl (C=O) groups is 1. The fourth-order valence-electron chi connectivity index (χ4n) is 2.77. The van der Waals surface area contributed by atoms with E-state index < -0.39 is 0 Å². The van der Waals surface area contributed by atoms with Crippen LogP contribution in [-0.4, -0.2) is 6.29 Å². The molecule has 0 aliphatic heterocycles. The lowest BCUT2D eigenvalue weighted by Gasteiger charge is -2.18. The number of hydrogen-bond acceptors (Lipinski definition) is 2. The lowest BCUT2D eigenvalue weighted by molar-refractivity contribution is 0.112. The molecule has 0 amide bonds. The van der Waals surface area contributed by atoms with Gasteiger partial charge in [-0.1, -0.05) is 67.6 Å². The highest BCUT2D eigenvalue weighted by Gasteiger charge is 2.15. The van der Waals surface area contributed by atoms with Gasteiger partial charge in [0.05, 0.1) is 0 Å². The minimum atomic E-state index is 0.150. The third-order valence-electron chi connectivity index (χ3n) is 4.17. The van der Waals surface area contributed by atoms with Crippen LogP contribution in [-0.2, 0) is 6.61 Å².